The number of aromatic nitrogens is 1. The predicted octanol–water partition coefficient (Wildman–Crippen LogP) is 6.14. The first-order valence-electron chi connectivity index (χ1n) is 5.72. The standard InChI is InChI=1S/C14H7BrCl3NO/c15-9-4-7(16)5-12-14(9)20-13(19-12)6-8-10(17)2-1-3-11(8)18/h1-5H,6H2. The molecule has 20 heavy (non-hydrogen) atoms. The van der Waals surface area contributed by atoms with Gasteiger partial charge in [-0.1, -0.05) is 40.9 Å². The van der Waals surface area contributed by atoms with Crippen LogP contribution in [0.5, 0.6) is 0 Å². The van der Waals surface area contributed by atoms with Gasteiger partial charge in [-0.05, 0) is 45.8 Å². The molecular formula is C14H7BrCl3NO. The highest BCUT2D eigenvalue weighted by Crippen LogP contribution is 2.31. The average molecular weight is 391 g/mol. The van der Waals surface area contributed by atoms with Crippen molar-refractivity contribution in [1.29, 1.82) is 0 Å². The Morgan fingerprint density at radius 1 is 1.10 bits per heavy atom. The van der Waals surface area contributed by atoms with Crippen LogP contribution in [0.1, 0.15) is 11.5 Å². The van der Waals surface area contributed by atoms with Gasteiger partial charge in [-0.2, -0.15) is 0 Å². The van der Waals surface area contributed by atoms with Crippen molar-refractivity contribution in [2.75, 3.05) is 0 Å². The van der Waals surface area contributed by atoms with Gasteiger partial charge in [-0.3, -0.25) is 0 Å². The number of benzene rings is 2. The van der Waals surface area contributed by atoms with E-state index in [1.54, 1.807) is 30.3 Å². The predicted molar refractivity (Wildman–Crippen MR) is 86.0 cm³/mol. The van der Waals surface area contributed by atoms with Crippen LogP contribution in [0.15, 0.2) is 39.2 Å². The van der Waals surface area contributed by atoms with E-state index in [1.165, 1.54) is 0 Å². The van der Waals surface area contributed by atoms with E-state index in [4.69, 9.17) is 39.2 Å². The molecule has 0 saturated carbocycles. The lowest BCUT2D eigenvalue weighted by atomic mass is 10.1. The Kier molecular flexibility index (Phi) is 3.95. The third-order valence-electron chi connectivity index (χ3n) is 2.84. The molecule has 3 rings (SSSR count). The fraction of sp³-hybridized carbons (Fsp3) is 0.0714. The maximum atomic E-state index is 6.15. The third-order valence-corrected chi connectivity index (χ3v) is 4.36. The van der Waals surface area contributed by atoms with Crippen molar-refractivity contribution in [2.45, 2.75) is 6.42 Å². The molecule has 2 aromatic carbocycles. The van der Waals surface area contributed by atoms with Gasteiger partial charge >= 0.3 is 0 Å². The second-order valence-electron chi connectivity index (χ2n) is 4.22. The molecule has 0 amide bonds. The van der Waals surface area contributed by atoms with Gasteiger partial charge < -0.3 is 4.42 Å². The number of rotatable bonds is 2. The van der Waals surface area contributed by atoms with E-state index >= 15 is 0 Å². The van der Waals surface area contributed by atoms with Gasteiger partial charge in [-0.25, -0.2) is 4.98 Å². The van der Waals surface area contributed by atoms with Crippen molar-refractivity contribution < 1.29 is 4.42 Å². The zero-order valence-corrected chi connectivity index (χ0v) is 13.8. The van der Waals surface area contributed by atoms with Crippen LogP contribution >= 0.6 is 50.7 Å². The minimum absolute atomic E-state index is 0.428. The normalized spacial score (nSPS) is 11.2. The lowest BCUT2D eigenvalue weighted by molar-refractivity contribution is 0.543. The first kappa shape index (κ1) is 14.2. The van der Waals surface area contributed by atoms with Crippen molar-refractivity contribution in [3.05, 3.63) is 61.3 Å². The molecule has 0 aliphatic carbocycles. The minimum Gasteiger partial charge on any atom is -0.439 e. The average Bonchev–Trinajstić information content (AvgIpc) is 2.77. The second-order valence-corrected chi connectivity index (χ2v) is 6.33. The summed E-state index contributed by atoms with van der Waals surface area (Å²) in [6.45, 7) is 0. The molecule has 0 bridgehead atoms. The largest absolute Gasteiger partial charge is 0.439 e. The zero-order valence-electron chi connectivity index (χ0n) is 9.96. The van der Waals surface area contributed by atoms with Crippen LogP contribution < -0.4 is 0 Å². The number of halogens is 4. The topological polar surface area (TPSA) is 26.0 Å². The summed E-state index contributed by atoms with van der Waals surface area (Å²) in [5.74, 6) is 0.540. The fourth-order valence-corrected chi connectivity index (χ4v) is 3.34. The number of hydrogen-bond acceptors (Lipinski definition) is 2. The molecule has 2 nitrogen and oxygen atoms in total. The molecule has 3 aromatic rings. The number of hydrogen-bond donors (Lipinski definition) is 0. The minimum atomic E-state index is 0.428. The van der Waals surface area contributed by atoms with Crippen LogP contribution in [0.4, 0.5) is 0 Å². The Hall–Kier alpha value is -0.740. The monoisotopic (exact) mass is 389 g/mol. The molecule has 1 heterocycles. The van der Waals surface area contributed by atoms with E-state index in [0.717, 1.165) is 10.0 Å². The highest BCUT2D eigenvalue weighted by atomic mass is 79.9. The van der Waals surface area contributed by atoms with Gasteiger partial charge in [-0.15, -0.1) is 0 Å². The van der Waals surface area contributed by atoms with Crippen molar-refractivity contribution in [1.82, 2.24) is 4.98 Å². The molecule has 0 radical (unpaired) electrons. The Balaban J connectivity index is 2.06. The van der Waals surface area contributed by atoms with Gasteiger partial charge in [0.05, 0.1) is 10.9 Å². The molecule has 6 heteroatoms. The van der Waals surface area contributed by atoms with Crippen LogP contribution in [-0.4, -0.2) is 4.98 Å². The third kappa shape index (κ3) is 2.68. The number of fused-ring (bicyclic) bond motifs is 1. The van der Waals surface area contributed by atoms with E-state index in [0.29, 0.717) is 38.5 Å². The molecule has 0 aliphatic heterocycles. The Morgan fingerprint density at radius 2 is 1.80 bits per heavy atom. The van der Waals surface area contributed by atoms with Gasteiger partial charge in [0.1, 0.15) is 5.52 Å². The lowest BCUT2D eigenvalue weighted by Crippen LogP contribution is -1.90. The molecule has 0 unspecified atom stereocenters. The molecule has 0 saturated heterocycles. The van der Waals surface area contributed by atoms with Crippen LogP contribution in [-0.2, 0) is 6.42 Å². The molecule has 102 valence electrons. The van der Waals surface area contributed by atoms with Crippen LogP contribution in [0.25, 0.3) is 11.1 Å². The molecule has 0 atom stereocenters. The first-order valence-corrected chi connectivity index (χ1v) is 7.64. The van der Waals surface area contributed by atoms with Crippen LogP contribution in [0, 0.1) is 0 Å². The summed E-state index contributed by atoms with van der Waals surface area (Å²) in [4.78, 5) is 4.41. The van der Waals surface area contributed by atoms with Gasteiger partial charge in [0.2, 0.25) is 0 Å². The molecular weight excluding hydrogens is 384 g/mol. The summed E-state index contributed by atoms with van der Waals surface area (Å²) < 4.78 is 6.50. The molecule has 1 aromatic heterocycles. The summed E-state index contributed by atoms with van der Waals surface area (Å²) in [5.41, 5.74) is 2.15. The van der Waals surface area contributed by atoms with E-state index in [2.05, 4.69) is 20.9 Å². The summed E-state index contributed by atoms with van der Waals surface area (Å²) >= 11 is 21.7. The van der Waals surface area contributed by atoms with Crippen LogP contribution in [0.3, 0.4) is 0 Å². The Bertz CT molecular complexity index is 780. The highest BCUT2D eigenvalue weighted by Gasteiger charge is 2.13. The van der Waals surface area contributed by atoms with Crippen molar-refractivity contribution in [3.8, 4) is 0 Å². The van der Waals surface area contributed by atoms with Crippen molar-refractivity contribution in [2.24, 2.45) is 0 Å². The molecule has 0 fully saturated rings. The zero-order chi connectivity index (χ0) is 14.3. The van der Waals surface area contributed by atoms with E-state index < -0.39 is 0 Å². The highest BCUT2D eigenvalue weighted by molar-refractivity contribution is 9.10. The first-order chi connectivity index (χ1) is 9.54. The second kappa shape index (κ2) is 5.57. The Morgan fingerprint density at radius 3 is 2.50 bits per heavy atom. The van der Waals surface area contributed by atoms with Crippen molar-refractivity contribution in [3.63, 3.8) is 0 Å². The summed E-state index contributed by atoms with van der Waals surface area (Å²) in [6.07, 6.45) is 0.428. The van der Waals surface area contributed by atoms with Gasteiger partial charge in [0.15, 0.2) is 11.5 Å². The molecule has 0 aliphatic rings. The van der Waals surface area contributed by atoms with Crippen LogP contribution in [0.2, 0.25) is 15.1 Å². The Labute approximate surface area is 138 Å². The molecule has 0 N–H and O–H groups in total. The maximum absolute atomic E-state index is 6.15. The quantitative estimate of drug-likeness (QED) is 0.524. The summed E-state index contributed by atoms with van der Waals surface area (Å²) in [7, 11) is 0. The van der Waals surface area contributed by atoms with Crippen molar-refractivity contribution >= 4 is 61.8 Å². The summed E-state index contributed by atoms with van der Waals surface area (Å²) in [6, 6.07) is 8.90. The van der Waals surface area contributed by atoms with E-state index in [1.807, 2.05) is 0 Å². The maximum Gasteiger partial charge on any atom is 0.200 e. The SMILES string of the molecule is Clc1cc(Br)c2oc(Cc3c(Cl)cccc3Cl)nc2c1. The van der Waals surface area contributed by atoms with Gasteiger partial charge in [0, 0.05) is 15.1 Å². The number of nitrogens with zero attached hydrogens (tertiary/aromatic N) is 1. The lowest BCUT2D eigenvalue weighted by Gasteiger charge is -2.03. The summed E-state index contributed by atoms with van der Waals surface area (Å²) in [5, 5.41) is 1.79. The van der Waals surface area contributed by atoms with E-state index in [-0.39, 0.29) is 0 Å². The van der Waals surface area contributed by atoms with E-state index in [9.17, 15) is 0 Å². The number of oxazole rings is 1. The van der Waals surface area contributed by atoms with Gasteiger partial charge in [0.25, 0.3) is 0 Å². The fourth-order valence-electron chi connectivity index (χ4n) is 1.93. The molecule has 0 spiro atoms. The smallest absolute Gasteiger partial charge is 0.200 e.